The molecule has 0 bridgehead atoms. The number of alkyl halides is 2. The first-order chi connectivity index (χ1) is 15.1. The number of nitrogens with zero attached hydrogens (tertiary/aromatic N) is 3. The molecule has 33 heavy (non-hydrogen) atoms. The third-order valence-corrected chi connectivity index (χ3v) is 7.02. The average Bonchev–Trinajstić information content (AvgIpc) is 2.65. The molecule has 0 aromatic carbocycles. The van der Waals surface area contributed by atoms with Crippen molar-refractivity contribution in [3.63, 3.8) is 0 Å². The molecule has 1 atom stereocenters. The number of halogens is 2. The summed E-state index contributed by atoms with van der Waals surface area (Å²) in [7, 11) is 0.271. The zero-order chi connectivity index (χ0) is 25.0. The van der Waals surface area contributed by atoms with Crippen molar-refractivity contribution in [3.05, 3.63) is 29.6 Å². The number of ether oxygens (including phenoxy) is 2. The first kappa shape index (κ1) is 27.0. The molecule has 1 aliphatic rings. The van der Waals surface area contributed by atoms with Crippen LogP contribution in [0.15, 0.2) is 18.3 Å². The van der Waals surface area contributed by atoms with Crippen molar-refractivity contribution in [1.29, 1.82) is 0 Å². The fourth-order valence-electron chi connectivity index (χ4n) is 3.41. The second-order valence-electron chi connectivity index (χ2n) is 10.9. The number of rotatable bonds is 6. The Labute approximate surface area is 196 Å². The SMILES string of the molecule is CN(Cc1cc(C2CN(C(=O)OC(C)(C)C)CCC2(F)F)ccn1)C(=O)OCC[Si](C)(C)C. The lowest BCUT2D eigenvalue weighted by Gasteiger charge is -2.39. The van der Waals surface area contributed by atoms with E-state index in [1.165, 1.54) is 22.1 Å². The number of piperidine rings is 1. The Morgan fingerprint density at radius 3 is 2.58 bits per heavy atom. The van der Waals surface area contributed by atoms with E-state index in [1.54, 1.807) is 33.9 Å². The number of carbonyl (C=O) groups is 2. The highest BCUT2D eigenvalue weighted by Gasteiger charge is 2.46. The molecule has 186 valence electrons. The van der Waals surface area contributed by atoms with Crippen LogP contribution in [0.5, 0.6) is 0 Å². The van der Waals surface area contributed by atoms with E-state index in [2.05, 4.69) is 24.6 Å². The molecular formula is C23H37F2N3O4Si. The Balaban J connectivity index is 2.07. The van der Waals surface area contributed by atoms with Crippen LogP contribution in [-0.2, 0) is 16.0 Å². The topological polar surface area (TPSA) is 72.0 Å². The summed E-state index contributed by atoms with van der Waals surface area (Å²) >= 11 is 0. The summed E-state index contributed by atoms with van der Waals surface area (Å²) in [6.45, 7) is 12.1. The van der Waals surface area contributed by atoms with Gasteiger partial charge in [0.2, 0.25) is 0 Å². The van der Waals surface area contributed by atoms with E-state index in [9.17, 15) is 18.4 Å². The van der Waals surface area contributed by atoms with Crippen molar-refractivity contribution < 1.29 is 27.8 Å². The summed E-state index contributed by atoms with van der Waals surface area (Å²) in [4.78, 5) is 31.6. The van der Waals surface area contributed by atoms with Crippen LogP contribution in [-0.4, -0.2) is 73.3 Å². The van der Waals surface area contributed by atoms with E-state index >= 15 is 0 Å². The minimum atomic E-state index is -2.97. The maximum absolute atomic E-state index is 14.8. The third-order valence-electron chi connectivity index (χ3n) is 5.31. The Kier molecular flexibility index (Phi) is 8.48. The molecule has 10 heteroatoms. The van der Waals surface area contributed by atoms with Gasteiger partial charge in [-0.2, -0.15) is 0 Å². The van der Waals surface area contributed by atoms with Crippen LogP contribution in [0.1, 0.15) is 44.4 Å². The van der Waals surface area contributed by atoms with Gasteiger partial charge in [0, 0.05) is 40.8 Å². The van der Waals surface area contributed by atoms with Crippen molar-refractivity contribution >= 4 is 20.3 Å². The van der Waals surface area contributed by atoms with Crippen molar-refractivity contribution in [3.8, 4) is 0 Å². The smallest absolute Gasteiger partial charge is 0.410 e. The van der Waals surface area contributed by atoms with Gasteiger partial charge < -0.3 is 19.3 Å². The first-order valence-corrected chi connectivity index (χ1v) is 15.0. The molecule has 1 aliphatic heterocycles. The quantitative estimate of drug-likeness (QED) is 0.508. The third kappa shape index (κ3) is 8.56. The normalized spacial score (nSPS) is 18.6. The summed E-state index contributed by atoms with van der Waals surface area (Å²) in [5.74, 6) is -4.16. The maximum Gasteiger partial charge on any atom is 0.410 e. The molecule has 0 aliphatic carbocycles. The van der Waals surface area contributed by atoms with Crippen molar-refractivity contribution in [2.24, 2.45) is 0 Å². The minimum Gasteiger partial charge on any atom is -0.450 e. The van der Waals surface area contributed by atoms with Crippen LogP contribution in [0.25, 0.3) is 0 Å². The lowest BCUT2D eigenvalue weighted by atomic mass is 9.87. The van der Waals surface area contributed by atoms with Crippen LogP contribution in [0.3, 0.4) is 0 Å². The summed E-state index contributed by atoms with van der Waals surface area (Å²) in [5.41, 5.74) is 0.145. The molecule has 1 fully saturated rings. The Morgan fingerprint density at radius 1 is 1.30 bits per heavy atom. The molecule has 1 unspecified atom stereocenters. The molecule has 7 nitrogen and oxygen atoms in total. The van der Waals surface area contributed by atoms with E-state index < -0.39 is 44.1 Å². The monoisotopic (exact) mass is 485 g/mol. The van der Waals surface area contributed by atoms with Crippen LogP contribution in [0.4, 0.5) is 18.4 Å². The lowest BCUT2D eigenvalue weighted by molar-refractivity contribution is -0.0771. The van der Waals surface area contributed by atoms with Gasteiger partial charge in [0.25, 0.3) is 5.92 Å². The molecule has 0 radical (unpaired) electrons. The van der Waals surface area contributed by atoms with E-state index in [-0.39, 0.29) is 19.6 Å². The van der Waals surface area contributed by atoms with Gasteiger partial charge in [-0.25, -0.2) is 18.4 Å². The Morgan fingerprint density at radius 2 is 1.97 bits per heavy atom. The standard InChI is InChI=1S/C23H37F2N3O4Si/c1-22(2,3)32-21(30)28-11-9-23(24,25)19(16-28)17-8-10-26-18(14-17)15-27(4)20(29)31-12-13-33(5,6)7/h8,10,14,19H,9,11-13,15-16H2,1-7H3. The predicted octanol–water partition coefficient (Wildman–Crippen LogP) is 5.35. The van der Waals surface area contributed by atoms with Crippen LogP contribution in [0.2, 0.25) is 25.7 Å². The van der Waals surface area contributed by atoms with Gasteiger partial charge in [0.1, 0.15) is 5.60 Å². The Bertz CT molecular complexity index is 840. The van der Waals surface area contributed by atoms with E-state index in [0.29, 0.717) is 17.9 Å². The fourth-order valence-corrected chi connectivity index (χ4v) is 4.12. The number of hydrogen-bond donors (Lipinski definition) is 0. The van der Waals surface area contributed by atoms with Gasteiger partial charge in [-0.05, 0) is 44.5 Å². The van der Waals surface area contributed by atoms with E-state index in [1.807, 2.05) is 0 Å². The van der Waals surface area contributed by atoms with Gasteiger partial charge in [-0.1, -0.05) is 19.6 Å². The zero-order valence-corrected chi connectivity index (χ0v) is 21.8. The largest absolute Gasteiger partial charge is 0.450 e. The summed E-state index contributed by atoms with van der Waals surface area (Å²) < 4.78 is 40.3. The second kappa shape index (κ2) is 10.4. The van der Waals surface area contributed by atoms with Crippen molar-refractivity contribution in [2.45, 2.75) is 76.9 Å². The lowest BCUT2D eigenvalue weighted by Crippen LogP contribution is -2.49. The molecule has 0 N–H and O–H groups in total. The zero-order valence-electron chi connectivity index (χ0n) is 20.8. The fraction of sp³-hybridized carbons (Fsp3) is 0.696. The number of likely N-dealkylation sites (tertiary alicyclic amines) is 1. The Hall–Kier alpha value is -2.23. The van der Waals surface area contributed by atoms with Gasteiger partial charge in [-0.15, -0.1) is 0 Å². The second-order valence-corrected chi connectivity index (χ2v) is 16.5. The van der Waals surface area contributed by atoms with Crippen molar-refractivity contribution in [2.75, 3.05) is 26.7 Å². The maximum atomic E-state index is 14.8. The number of carbonyl (C=O) groups excluding carboxylic acids is 2. The molecule has 1 aromatic heterocycles. The first-order valence-electron chi connectivity index (χ1n) is 11.3. The van der Waals surface area contributed by atoms with Gasteiger partial charge in [-0.3, -0.25) is 4.98 Å². The van der Waals surface area contributed by atoms with Gasteiger partial charge in [0.05, 0.1) is 24.8 Å². The number of hydrogen-bond acceptors (Lipinski definition) is 5. The summed E-state index contributed by atoms with van der Waals surface area (Å²) in [6, 6.07) is 3.97. The highest BCUT2D eigenvalue weighted by molar-refractivity contribution is 6.76. The van der Waals surface area contributed by atoms with Crippen LogP contribution >= 0.6 is 0 Å². The molecule has 0 spiro atoms. The summed E-state index contributed by atoms with van der Waals surface area (Å²) in [6.07, 6.45) is -0.0623. The molecule has 2 heterocycles. The molecular weight excluding hydrogens is 448 g/mol. The highest BCUT2D eigenvalue weighted by Crippen LogP contribution is 2.40. The molecule has 0 saturated carbocycles. The van der Waals surface area contributed by atoms with Gasteiger partial charge in [0.15, 0.2) is 0 Å². The molecule has 1 aromatic rings. The highest BCUT2D eigenvalue weighted by atomic mass is 28.3. The minimum absolute atomic E-state index is 0.0671. The average molecular weight is 486 g/mol. The number of aromatic nitrogens is 1. The molecule has 1 saturated heterocycles. The molecule has 2 rings (SSSR count). The number of amides is 2. The van der Waals surface area contributed by atoms with Gasteiger partial charge >= 0.3 is 12.2 Å². The predicted molar refractivity (Wildman–Crippen MR) is 125 cm³/mol. The number of pyridine rings is 1. The van der Waals surface area contributed by atoms with E-state index in [0.717, 1.165) is 6.04 Å². The van der Waals surface area contributed by atoms with Crippen LogP contribution in [0, 0.1) is 0 Å². The summed E-state index contributed by atoms with van der Waals surface area (Å²) in [5, 5.41) is 0. The van der Waals surface area contributed by atoms with Crippen LogP contribution < -0.4 is 0 Å². The molecule has 2 amide bonds. The van der Waals surface area contributed by atoms with Crippen molar-refractivity contribution in [1.82, 2.24) is 14.8 Å². The van der Waals surface area contributed by atoms with E-state index in [4.69, 9.17) is 9.47 Å².